The number of hydrogen-bond acceptors (Lipinski definition) is 4. The van der Waals surface area contributed by atoms with Gasteiger partial charge in [-0.3, -0.25) is 9.48 Å². The number of carbonyl (C=O) groups is 2. The third-order valence-corrected chi connectivity index (χ3v) is 6.09. The van der Waals surface area contributed by atoms with E-state index < -0.39 is 28.9 Å². The number of ether oxygens (including phenoxy) is 1. The molecule has 1 heterocycles. The minimum Gasteiger partial charge on any atom is -0.462 e. The van der Waals surface area contributed by atoms with E-state index in [2.05, 4.69) is 10.4 Å². The van der Waals surface area contributed by atoms with E-state index >= 15 is 4.39 Å². The summed E-state index contributed by atoms with van der Waals surface area (Å²) in [5.74, 6) is -2.29. The number of nitrogens with zero attached hydrogens (tertiary/aromatic N) is 2. The molecule has 0 bridgehead atoms. The third-order valence-electron chi connectivity index (χ3n) is 6.09. The molecule has 0 unspecified atom stereocenters. The van der Waals surface area contributed by atoms with Gasteiger partial charge in [-0.1, -0.05) is 12.1 Å². The van der Waals surface area contributed by atoms with Gasteiger partial charge in [-0.05, 0) is 64.3 Å². The van der Waals surface area contributed by atoms with Gasteiger partial charge in [-0.2, -0.15) is 5.10 Å². The Balaban J connectivity index is 1.70. The molecule has 178 valence electrons. The molecule has 1 saturated carbocycles. The summed E-state index contributed by atoms with van der Waals surface area (Å²) in [6, 6.07) is 7.38. The SMILES string of the molecule is CCOC(=O)c1cc(NC(=O)C2(c3ccc(C)cc3F)CC2)cc(F)c1-c1cnn(C(C)C)c1. The Morgan fingerprint density at radius 3 is 2.50 bits per heavy atom. The summed E-state index contributed by atoms with van der Waals surface area (Å²) in [7, 11) is 0. The predicted molar refractivity (Wildman–Crippen MR) is 125 cm³/mol. The van der Waals surface area contributed by atoms with Gasteiger partial charge in [0.15, 0.2) is 0 Å². The van der Waals surface area contributed by atoms with E-state index in [1.54, 1.807) is 36.9 Å². The van der Waals surface area contributed by atoms with Crippen LogP contribution in [0.2, 0.25) is 0 Å². The molecule has 1 N–H and O–H groups in total. The maximum atomic E-state index is 15.3. The van der Waals surface area contributed by atoms with Crippen molar-refractivity contribution in [2.75, 3.05) is 11.9 Å². The number of nitrogens with one attached hydrogen (secondary N) is 1. The smallest absolute Gasteiger partial charge is 0.338 e. The van der Waals surface area contributed by atoms with E-state index in [1.807, 2.05) is 13.8 Å². The lowest BCUT2D eigenvalue weighted by Gasteiger charge is -2.18. The highest BCUT2D eigenvalue weighted by molar-refractivity contribution is 6.04. The summed E-state index contributed by atoms with van der Waals surface area (Å²) in [6.07, 6.45) is 4.11. The molecular formula is C26H27F2N3O3. The number of aromatic nitrogens is 2. The first-order valence-electron chi connectivity index (χ1n) is 11.3. The van der Waals surface area contributed by atoms with Crippen molar-refractivity contribution in [3.63, 3.8) is 0 Å². The first-order valence-corrected chi connectivity index (χ1v) is 11.3. The van der Waals surface area contributed by atoms with Crippen LogP contribution in [-0.4, -0.2) is 28.3 Å². The summed E-state index contributed by atoms with van der Waals surface area (Å²) in [5.41, 5.74) is 0.627. The van der Waals surface area contributed by atoms with Gasteiger partial charge >= 0.3 is 5.97 Å². The van der Waals surface area contributed by atoms with Gasteiger partial charge in [-0.15, -0.1) is 0 Å². The summed E-state index contributed by atoms with van der Waals surface area (Å²) in [6.45, 7) is 7.41. The van der Waals surface area contributed by atoms with Crippen molar-refractivity contribution in [3.05, 3.63) is 71.1 Å². The average molecular weight is 468 g/mol. The minimum absolute atomic E-state index is 0.0215. The van der Waals surface area contributed by atoms with Crippen LogP contribution in [0.1, 0.15) is 61.1 Å². The largest absolute Gasteiger partial charge is 0.462 e. The van der Waals surface area contributed by atoms with Gasteiger partial charge in [0, 0.05) is 34.6 Å². The second kappa shape index (κ2) is 9.00. The molecule has 0 atom stereocenters. The summed E-state index contributed by atoms with van der Waals surface area (Å²) in [4.78, 5) is 25.9. The van der Waals surface area contributed by atoms with Crippen molar-refractivity contribution in [2.45, 2.75) is 52.0 Å². The minimum atomic E-state index is -1.00. The number of benzene rings is 2. The molecule has 34 heavy (non-hydrogen) atoms. The van der Waals surface area contributed by atoms with E-state index in [-0.39, 0.29) is 29.5 Å². The number of anilines is 1. The highest BCUT2D eigenvalue weighted by atomic mass is 19.1. The molecule has 8 heteroatoms. The van der Waals surface area contributed by atoms with E-state index in [0.717, 1.165) is 11.6 Å². The molecule has 1 aliphatic rings. The Hall–Kier alpha value is -3.55. The van der Waals surface area contributed by atoms with Crippen LogP contribution in [-0.2, 0) is 14.9 Å². The van der Waals surface area contributed by atoms with Gasteiger partial charge in [-0.25, -0.2) is 13.6 Å². The summed E-state index contributed by atoms with van der Waals surface area (Å²) in [5, 5.41) is 6.92. The molecule has 0 spiro atoms. The molecule has 4 rings (SSSR count). The number of halogens is 2. The Morgan fingerprint density at radius 2 is 1.91 bits per heavy atom. The fraction of sp³-hybridized carbons (Fsp3) is 0.346. The molecule has 1 amide bonds. The van der Waals surface area contributed by atoms with Crippen LogP contribution in [0, 0.1) is 18.6 Å². The maximum Gasteiger partial charge on any atom is 0.338 e. The van der Waals surface area contributed by atoms with Crippen LogP contribution in [0.5, 0.6) is 0 Å². The molecule has 1 aromatic heterocycles. The topological polar surface area (TPSA) is 73.2 Å². The van der Waals surface area contributed by atoms with Crippen molar-refractivity contribution in [1.82, 2.24) is 9.78 Å². The highest BCUT2D eigenvalue weighted by Gasteiger charge is 2.52. The van der Waals surface area contributed by atoms with Crippen LogP contribution in [0.15, 0.2) is 42.7 Å². The van der Waals surface area contributed by atoms with Gasteiger partial charge in [0.25, 0.3) is 0 Å². The van der Waals surface area contributed by atoms with Gasteiger partial charge in [0.1, 0.15) is 11.6 Å². The zero-order valence-corrected chi connectivity index (χ0v) is 19.6. The Morgan fingerprint density at radius 1 is 1.18 bits per heavy atom. The van der Waals surface area contributed by atoms with Crippen molar-refractivity contribution < 1.29 is 23.1 Å². The molecular weight excluding hydrogens is 440 g/mol. The van der Waals surface area contributed by atoms with Crippen LogP contribution in [0.4, 0.5) is 14.5 Å². The Labute approximate surface area is 196 Å². The molecule has 1 aliphatic carbocycles. The second-order valence-corrected chi connectivity index (χ2v) is 8.92. The third kappa shape index (κ3) is 4.32. The lowest BCUT2D eigenvalue weighted by atomic mass is 9.93. The van der Waals surface area contributed by atoms with Gasteiger partial charge < -0.3 is 10.1 Å². The van der Waals surface area contributed by atoms with Crippen molar-refractivity contribution >= 4 is 17.6 Å². The molecule has 0 aliphatic heterocycles. The van der Waals surface area contributed by atoms with E-state index in [9.17, 15) is 14.0 Å². The summed E-state index contributed by atoms with van der Waals surface area (Å²) >= 11 is 0. The number of amides is 1. The van der Waals surface area contributed by atoms with E-state index in [1.165, 1.54) is 18.3 Å². The molecule has 6 nitrogen and oxygen atoms in total. The van der Waals surface area contributed by atoms with Gasteiger partial charge in [0.2, 0.25) is 5.91 Å². The first-order chi connectivity index (χ1) is 16.2. The van der Waals surface area contributed by atoms with E-state index in [0.29, 0.717) is 24.0 Å². The van der Waals surface area contributed by atoms with Crippen LogP contribution < -0.4 is 5.32 Å². The second-order valence-electron chi connectivity index (χ2n) is 8.92. The quantitative estimate of drug-likeness (QED) is 0.462. The monoisotopic (exact) mass is 467 g/mol. The first kappa shape index (κ1) is 23.6. The highest BCUT2D eigenvalue weighted by Crippen LogP contribution is 2.50. The van der Waals surface area contributed by atoms with Gasteiger partial charge in [0.05, 0.1) is 23.8 Å². The molecule has 2 aromatic carbocycles. The molecule has 0 saturated heterocycles. The number of hydrogen-bond donors (Lipinski definition) is 1. The number of esters is 1. The average Bonchev–Trinajstić information content (AvgIpc) is 3.42. The van der Waals surface area contributed by atoms with Crippen molar-refractivity contribution in [3.8, 4) is 11.1 Å². The molecule has 1 fully saturated rings. The Kier molecular flexibility index (Phi) is 6.25. The lowest BCUT2D eigenvalue weighted by Crippen LogP contribution is -2.29. The number of aryl methyl sites for hydroxylation is 1. The standard InChI is InChI=1S/C26H27F2N3O3/c1-5-34-24(32)19-11-18(12-22(28)23(19)17-13-29-31(14-17)15(2)3)30-25(33)26(8-9-26)20-7-6-16(4)10-21(20)27/h6-7,10-15H,5,8-9H2,1-4H3,(H,30,33). The number of carbonyl (C=O) groups excluding carboxylic acids is 2. The molecule has 3 aromatic rings. The normalized spacial score (nSPS) is 14.2. The lowest BCUT2D eigenvalue weighted by molar-refractivity contribution is -0.118. The van der Waals surface area contributed by atoms with E-state index in [4.69, 9.17) is 4.74 Å². The van der Waals surface area contributed by atoms with Crippen molar-refractivity contribution in [2.24, 2.45) is 0 Å². The summed E-state index contributed by atoms with van der Waals surface area (Å²) < 4.78 is 36.7. The number of rotatable bonds is 7. The fourth-order valence-corrected chi connectivity index (χ4v) is 4.09. The molecule has 0 radical (unpaired) electrons. The predicted octanol–water partition coefficient (Wildman–Crippen LogP) is 5.56. The van der Waals surface area contributed by atoms with Crippen LogP contribution in [0.3, 0.4) is 0 Å². The zero-order chi connectivity index (χ0) is 24.6. The van der Waals surface area contributed by atoms with Crippen molar-refractivity contribution in [1.29, 1.82) is 0 Å². The zero-order valence-electron chi connectivity index (χ0n) is 19.6. The Bertz CT molecular complexity index is 1260. The maximum absolute atomic E-state index is 15.3. The fourth-order valence-electron chi connectivity index (χ4n) is 4.09. The van der Waals surface area contributed by atoms with Crippen LogP contribution >= 0.6 is 0 Å². The van der Waals surface area contributed by atoms with Crippen LogP contribution in [0.25, 0.3) is 11.1 Å².